The molecule has 0 spiro atoms. The van der Waals surface area contributed by atoms with Crippen LogP contribution >= 0.6 is 11.3 Å². The third-order valence-electron chi connectivity index (χ3n) is 5.03. The number of carbonyl (C=O) groups is 1. The molecule has 0 saturated carbocycles. The van der Waals surface area contributed by atoms with Crippen LogP contribution in [0.25, 0.3) is 11.1 Å². The molecule has 1 aromatic carbocycles. The number of carbonyl (C=O) groups excluding carboxylic acids is 1. The maximum Gasteiger partial charge on any atom is 0.295 e. The van der Waals surface area contributed by atoms with Gasteiger partial charge in [-0.25, -0.2) is 13.8 Å². The Bertz CT molecular complexity index is 991. The molecule has 31 heavy (non-hydrogen) atoms. The largest absolute Gasteiger partial charge is 0.388 e. The van der Waals surface area contributed by atoms with Crippen molar-refractivity contribution in [3.63, 3.8) is 0 Å². The lowest BCUT2D eigenvalue weighted by molar-refractivity contribution is -0.131. The van der Waals surface area contributed by atoms with Gasteiger partial charge < -0.3 is 5.11 Å². The number of thiazole rings is 1. The van der Waals surface area contributed by atoms with E-state index in [1.807, 2.05) is 25.3 Å². The van der Waals surface area contributed by atoms with Gasteiger partial charge in [-0.1, -0.05) is 30.3 Å². The summed E-state index contributed by atoms with van der Waals surface area (Å²) in [6, 6.07) is 10.6. The second-order valence-corrected chi connectivity index (χ2v) is 8.67. The van der Waals surface area contributed by atoms with Crippen molar-refractivity contribution in [2.45, 2.75) is 38.7 Å². The van der Waals surface area contributed by atoms with Gasteiger partial charge in [0.2, 0.25) is 0 Å². The number of halogens is 3. The van der Waals surface area contributed by atoms with Gasteiger partial charge in [0, 0.05) is 47.3 Å². The van der Waals surface area contributed by atoms with Crippen LogP contribution in [0.15, 0.2) is 48.8 Å². The summed E-state index contributed by atoms with van der Waals surface area (Å²) in [4.78, 5) is 21.2. The number of pyridine rings is 1. The number of nitrogens with zero attached hydrogens (tertiary/aromatic N) is 2. The highest BCUT2D eigenvalue weighted by Crippen LogP contribution is 2.28. The highest BCUT2D eigenvalue weighted by molar-refractivity contribution is 7.11. The van der Waals surface area contributed by atoms with E-state index in [9.17, 15) is 23.1 Å². The molecule has 0 unspecified atom stereocenters. The van der Waals surface area contributed by atoms with Crippen LogP contribution in [0, 0.1) is 12.8 Å². The third-order valence-corrected chi connectivity index (χ3v) is 6.00. The number of aliphatic hydroxyl groups is 1. The molecule has 4 nitrogen and oxygen atoms in total. The quantitative estimate of drug-likeness (QED) is 0.466. The molecule has 0 radical (unpaired) electrons. The first-order valence-electron chi connectivity index (χ1n) is 9.89. The summed E-state index contributed by atoms with van der Waals surface area (Å²) >= 11 is 1.68. The van der Waals surface area contributed by atoms with E-state index in [0.717, 1.165) is 34.7 Å². The summed E-state index contributed by atoms with van der Waals surface area (Å²) in [5.41, 5.74) is 3.06. The first kappa shape index (κ1) is 23.1. The number of Topliss-reactive ketones (excluding diaryl/α,β-unsaturated/α-hetero) is 1. The van der Waals surface area contributed by atoms with Crippen molar-refractivity contribution in [1.82, 2.24) is 9.97 Å². The van der Waals surface area contributed by atoms with Crippen molar-refractivity contribution in [3.8, 4) is 11.1 Å². The minimum Gasteiger partial charge on any atom is -0.388 e. The summed E-state index contributed by atoms with van der Waals surface area (Å²) in [5.74, 6) is -2.57. The summed E-state index contributed by atoms with van der Waals surface area (Å²) in [6.45, 7) is 0.965. The minimum atomic E-state index is -3.16. The maximum absolute atomic E-state index is 13.2. The van der Waals surface area contributed by atoms with Crippen LogP contribution in [0.2, 0.25) is 0 Å². The van der Waals surface area contributed by atoms with Crippen LogP contribution in [0.1, 0.15) is 33.7 Å². The number of aromatic nitrogens is 2. The lowest BCUT2D eigenvalue weighted by atomic mass is 9.91. The maximum atomic E-state index is 13.2. The standard InChI is InChI=1S/C23H23F3N2O2S/c1-14-12-28-21(31-14)9-8-19-7-6-17(13-27-19)15-2-4-16(5-3-15)22(30)18(11-24)10-20(29)23(25)26/h2-7,12-13,18,22-23,30H,8-11H2,1H3/t18-,22-/m1/s1. The molecule has 2 aromatic heterocycles. The number of alkyl halides is 3. The van der Waals surface area contributed by atoms with Crippen LogP contribution in [-0.4, -0.2) is 34.0 Å². The number of rotatable bonds is 10. The lowest BCUT2D eigenvalue weighted by Crippen LogP contribution is -2.22. The Hall–Kier alpha value is -2.58. The number of aryl methyl sites for hydroxylation is 3. The molecule has 0 amide bonds. The summed E-state index contributed by atoms with van der Waals surface area (Å²) < 4.78 is 38.1. The van der Waals surface area contributed by atoms with Crippen LogP contribution in [0.3, 0.4) is 0 Å². The molecule has 0 bridgehead atoms. The van der Waals surface area contributed by atoms with E-state index in [0.29, 0.717) is 5.56 Å². The number of benzene rings is 1. The van der Waals surface area contributed by atoms with Gasteiger partial charge in [0.25, 0.3) is 6.43 Å². The van der Waals surface area contributed by atoms with E-state index < -0.39 is 37.3 Å². The van der Waals surface area contributed by atoms with Gasteiger partial charge in [-0.05, 0) is 30.5 Å². The second kappa shape index (κ2) is 10.6. The van der Waals surface area contributed by atoms with E-state index in [1.54, 1.807) is 41.8 Å². The Labute approximate surface area is 182 Å². The van der Waals surface area contributed by atoms with Gasteiger partial charge in [0.05, 0.1) is 17.8 Å². The predicted molar refractivity (Wildman–Crippen MR) is 114 cm³/mol. The Morgan fingerprint density at radius 2 is 1.74 bits per heavy atom. The Kier molecular flexibility index (Phi) is 7.92. The van der Waals surface area contributed by atoms with Crippen molar-refractivity contribution in [3.05, 3.63) is 69.9 Å². The highest BCUT2D eigenvalue weighted by atomic mass is 32.1. The molecular weight excluding hydrogens is 425 g/mol. The molecule has 0 fully saturated rings. The van der Waals surface area contributed by atoms with Crippen molar-refractivity contribution in [2.75, 3.05) is 6.67 Å². The van der Waals surface area contributed by atoms with E-state index in [4.69, 9.17) is 0 Å². The topological polar surface area (TPSA) is 63.1 Å². The fourth-order valence-electron chi connectivity index (χ4n) is 3.24. The zero-order chi connectivity index (χ0) is 22.4. The fraction of sp³-hybridized carbons (Fsp3) is 0.348. The minimum absolute atomic E-state index is 0.372. The smallest absolute Gasteiger partial charge is 0.295 e. The zero-order valence-electron chi connectivity index (χ0n) is 17.0. The summed E-state index contributed by atoms with van der Waals surface area (Å²) in [7, 11) is 0. The van der Waals surface area contributed by atoms with Gasteiger partial charge >= 0.3 is 0 Å². The molecule has 0 aliphatic rings. The molecule has 8 heteroatoms. The van der Waals surface area contributed by atoms with Gasteiger partial charge in [0.15, 0.2) is 5.78 Å². The molecule has 1 N–H and O–H groups in total. The molecule has 2 atom stereocenters. The van der Waals surface area contributed by atoms with E-state index in [2.05, 4.69) is 9.97 Å². The SMILES string of the molecule is Cc1cnc(CCc2ccc(-c3ccc([C@@H](O)[C@@H](CF)CC(=O)C(F)F)cc3)cn2)s1. The predicted octanol–water partition coefficient (Wildman–Crippen LogP) is 5.14. The third kappa shape index (κ3) is 6.21. The van der Waals surface area contributed by atoms with Gasteiger partial charge in [-0.3, -0.25) is 14.2 Å². The summed E-state index contributed by atoms with van der Waals surface area (Å²) in [6.07, 6.45) is 0.0508. The highest BCUT2D eigenvalue weighted by Gasteiger charge is 2.27. The van der Waals surface area contributed by atoms with Gasteiger partial charge in [-0.2, -0.15) is 0 Å². The number of aliphatic hydroxyl groups excluding tert-OH is 1. The van der Waals surface area contributed by atoms with E-state index in [1.165, 1.54) is 4.88 Å². The van der Waals surface area contributed by atoms with Crippen molar-refractivity contribution < 1.29 is 23.1 Å². The molecule has 3 aromatic rings. The first-order chi connectivity index (χ1) is 14.9. The monoisotopic (exact) mass is 448 g/mol. The van der Waals surface area contributed by atoms with Crippen LogP contribution in [-0.2, 0) is 17.6 Å². The fourth-order valence-corrected chi connectivity index (χ4v) is 4.02. The van der Waals surface area contributed by atoms with E-state index >= 15 is 0 Å². The average Bonchev–Trinajstić information content (AvgIpc) is 3.21. The summed E-state index contributed by atoms with van der Waals surface area (Å²) in [5, 5.41) is 11.4. The first-order valence-corrected chi connectivity index (χ1v) is 10.7. The van der Waals surface area contributed by atoms with Crippen LogP contribution < -0.4 is 0 Å². The Balaban J connectivity index is 1.63. The average molecular weight is 449 g/mol. The van der Waals surface area contributed by atoms with Crippen molar-refractivity contribution >= 4 is 17.1 Å². The molecule has 0 aliphatic carbocycles. The molecule has 3 rings (SSSR count). The van der Waals surface area contributed by atoms with E-state index in [-0.39, 0.29) is 0 Å². The molecule has 164 valence electrons. The number of hydrogen-bond acceptors (Lipinski definition) is 5. The Morgan fingerprint density at radius 1 is 1.03 bits per heavy atom. The van der Waals surface area contributed by atoms with Crippen molar-refractivity contribution in [1.29, 1.82) is 0 Å². The zero-order valence-corrected chi connectivity index (χ0v) is 17.8. The van der Waals surface area contributed by atoms with Crippen LogP contribution in [0.4, 0.5) is 13.2 Å². The number of ketones is 1. The normalized spacial score (nSPS) is 13.4. The Morgan fingerprint density at radius 3 is 2.29 bits per heavy atom. The molecule has 2 heterocycles. The van der Waals surface area contributed by atoms with Gasteiger partial charge in [-0.15, -0.1) is 11.3 Å². The van der Waals surface area contributed by atoms with Crippen molar-refractivity contribution in [2.24, 2.45) is 5.92 Å². The number of hydrogen-bond donors (Lipinski definition) is 1. The molecular formula is C23H23F3N2O2S. The lowest BCUT2D eigenvalue weighted by Gasteiger charge is -2.20. The molecule has 0 aliphatic heterocycles. The van der Waals surface area contributed by atoms with Gasteiger partial charge in [0.1, 0.15) is 0 Å². The molecule has 0 saturated heterocycles. The second-order valence-electron chi connectivity index (χ2n) is 7.36. The van der Waals surface area contributed by atoms with Crippen LogP contribution in [0.5, 0.6) is 0 Å².